The van der Waals surface area contributed by atoms with Crippen LogP contribution in [0.3, 0.4) is 0 Å². The molecule has 0 saturated carbocycles. The van der Waals surface area contributed by atoms with Gasteiger partial charge in [-0.05, 0) is 0 Å². The van der Waals surface area contributed by atoms with Crippen LogP contribution in [0, 0.1) is 5.41 Å². The quantitative estimate of drug-likeness (QED) is 0.169. The largest absolute Gasteiger partial charge is 0.382 e. The smallest absolute Gasteiger partial charge is 0.0701 e. The Labute approximate surface area is 176 Å². The zero-order valence-electron chi connectivity index (χ0n) is 15.0. The predicted octanol–water partition coefficient (Wildman–Crippen LogP) is 2.89. The van der Waals surface area contributed by atoms with E-state index in [1.165, 1.54) is 0 Å². The first-order valence-corrected chi connectivity index (χ1v) is 11.7. The highest BCUT2D eigenvalue weighted by molar-refractivity contribution is 9.10. The van der Waals surface area contributed by atoms with Gasteiger partial charge in [-0.3, -0.25) is 0 Å². The summed E-state index contributed by atoms with van der Waals surface area (Å²) in [6.45, 7) is 6.42. The molecule has 0 aliphatic heterocycles. The van der Waals surface area contributed by atoms with Crippen LogP contribution in [0.25, 0.3) is 0 Å². The number of halogens is 3. The third kappa shape index (κ3) is 15.9. The average molecular weight is 559 g/mol. The Morgan fingerprint density at radius 3 is 1.16 bits per heavy atom. The van der Waals surface area contributed by atoms with Crippen molar-refractivity contribution in [1.29, 1.82) is 0 Å². The Kier molecular flexibility index (Phi) is 20.9. The van der Waals surface area contributed by atoms with Crippen molar-refractivity contribution >= 4 is 47.8 Å². The van der Waals surface area contributed by atoms with Crippen LogP contribution in [0.2, 0.25) is 0 Å². The van der Waals surface area contributed by atoms with Crippen LogP contribution in [0.4, 0.5) is 0 Å². The standard InChI is InChI=1S/C16H31Br3O6/c1-20-2-3-21-4-5-22-6-7-23-8-9-24-10-11-25-15-16(12-17,13-18)14-19/h2-15H2,1H3. The summed E-state index contributed by atoms with van der Waals surface area (Å²) in [6.07, 6.45) is 0. The SMILES string of the molecule is COCCOCCOCCOCCOCCOCC(CBr)(CBr)CBr. The first kappa shape index (κ1) is 26.2. The number of ether oxygens (including phenoxy) is 6. The molecule has 0 bridgehead atoms. The van der Waals surface area contributed by atoms with Crippen molar-refractivity contribution in [1.82, 2.24) is 0 Å². The van der Waals surface area contributed by atoms with Crippen LogP contribution in [0.5, 0.6) is 0 Å². The number of methoxy groups -OCH3 is 1. The highest BCUT2D eigenvalue weighted by Gasteiger charge is 2.26. The molecule has 0 saturated heterocycles. The summed E-state index contributed by atoms with van der Waals surface area (Å²) < 4.78 is 32.1. The molecule has 152 valence electrons. The third-order valence-electron chi connectivity index (χ3n) is 3.18. The first-order valence-electron chi connectivity index (χ1n) is 8.30. The lowest BCUT2D eigenvalue weighted by Crippen LogP contribution is -2.33. The Morgan fingerprint density at radius 2 is 0.840 bits per heavy atom. The molecule has 0 fully saturated rings. The van der Waals surface area contributed by atoms with Gasteiger partial charge in [0, 0.05) is 28.5 Å². The molecule has 9 heteroatoms. The van der Waals surface area contributed by atoms with Gasteiger partial charge in [0.15, 0.2) is 0 Å². The van der Waals surface area contributed by atoms with Crippen molar-refractivity contribution in [2.24, 2.45) is 5.41 Å². The summed E-state index contributed by atoms with van der Waals surface area (Å²) >= 11 is 10.6. The minimum atomic E-state index is 0.0813. The second-order valence-electron chi connectivity index (χ2n) is 5.40. The van der Waals surface area contributed by atoms with Gasteiger partial charge in [-0.15, -0.1) is 0 Å². The van der Waals surface area contributed by atoms with Gasteiger partial charge in [0.25, 0.3) is 0 Å². The van der Waals surface area contributed by atoms with Gasteiger partial charge in [0.1, 0.15) is 0 Å². The van der Waals surface area contributed by atoms with Gasteiger partial charge in [0.05, 0.1) is 72.7 Å². The van der Waals surface area contributed by atoms with E-state index in [2.05, 4.69) is 47.8 Å². The third-order valence-corrected chi connectivity index (χ3v) is 6.75. The second kappa shape index (κ2) is 19.9. The van der Waals surface area contributed by atoms with E-state index < -0.39 is 0 Å². The topological polar surface area (TPSA) is 55.4 Å². The first-order chi connectivity index (χ1) is 12.2. The summed E-state index contributed by atoms with van der Waals surface area (Å²) in [5, 5.41) is 2.64. The van der Waals surface area contributed by atoms with Gasteiger partial charge in [-0.25, -0.2) is 0 Å². The highest BCUT2D eigenvalue weighted by Crippen LogP contribution is 2.26. The summed E-state index contributed by atoms with van der Waals surface area (Å²) in [5.41, 5.74) is 0.0813. The fraction of sp³-hybridized carbons (Fsp3) is 1.00. The Morgan fingerprint density at radius 1 is 0.520 bits per heavy atom. The maximum atomic E-state index is 5.68. The zero-order chi connectivity index (χ0) is 18.6. The monoisotopic (exact) mass is 556 g/mol. The van der Waals surface area contributed by atoms with E-state index in [4.69, 9.17) is 28.4 Å². The van der Waals surface area contributed by atoms with E-state index >= 15 is 0 Å². The Bertz CT molecular complexity index is 262. The molecule has 0 aliphatic carbocycles. The summed E-state index contributed by atoms with van der Waals surface area (Å²) in [4.78, 5) is 0. The van der Waals surface area contributed by atoms with Crippen molar-refractivity contribution in [3.8, 4) is 0 Å². The van der Waals surface area contributed by atoms with Gasteiger partial charge in [0.2, 0.25) is 0 Å². The van der Waals surface area contributed by atoms with Gasteiger partial charge in [-0.1, -0.05) is 47.8 Å². The molecule has 0 aromatic heterocycles. The van der Waals surface area contributed by atoms with Gasteiger partial charge >= 0.3 is 0 Å². The normalized spacial score (nSPS) is 12.0. The van der Waals surface area contributed by atoms with E-state index in [1.54, 1.807) is 7.11 Å². The van der Waals surface area contributed by atoms with E-state index in [0.717, 1.165) is 16.0 Å². The van der Waals surface area contributed by atoms with E-state index in [-0.39, 0.29) is 5.41 Å². The molecule has 0 radical (unpaired) electrons. The van der Waals surface area contributed by atoms with Gasteiger partial charge < -0.3 is 28.4 Å². The molecule has 25 heavy (non-hydrogen) atoms. The lowest BCUT2D eigenvalue weighted by molar-refractivity contribution is -0.0184. The molecule has 0 heterocycles. The summed E-state index contributed by atoms with van der Waals surface area (Å²) in [6, 6.07) is 0. The van der Waals surface area contributed by atoms with Crippen molar-refractivity contribution in [3.63, 3.8) is 0 Å². The molecule has 0 atom stereocenters. The van der Waals surface area contributed by atoms with Crippen molar-refractivity contribution in [2.45, 2.75) is 0 Å². The number of hydrogen-bond acceptors (Lipinski definition) is 6. The fourth-order valence-electron chi connectivity index (χ4n) is 1.53. The summed E-state index contributed by atoms with van der Waals surface area (Å²) in [5.74, 6) is 0. The molecule has 0 rings (SSSR count). The molecule has 0 unspecified atom stereocenters. The van der Waals surface area contributed by atoms with E-state index in [0.29, 0.717) is 72.7 Å². The predicted molar refractivity (Wildman–Crippen MR) is 110 cm³/mol. The highest BCUT2D eigenvalue weighted by atomic mass is 79.9. The molecule has 0 N–H and O–H groups in total. The minimum Gasteiger partial charge on any atom is -0.382 e. The maximum Gasteiger partial charge on any atom is 0.0701 e. The average Bonchev–Trinajstić information content (AvgIpc) is 2.65. The van der Waals surface area contributed by atoms with E-state index in [1.807, 2.05) is 0 Å². The van der Waals surface area contributed by atoms with Crippen LogP contribution in [0.1, 0.15) is 0 Å². The molecular weight excluding hydrogens is 528 g/mol. The van der Waals surface area contributed by atoms with Gasteiger partial charge in [-0.2, -0.15) is 0 Å². The molecule has 0 spiro atoms. The Hall–Kier alpha value is 1.20. The van der Waals surface area contributed by atoms with Crippen LogP contribution < -0.4 is 0 Å². The number of rotatable bonds is 20. The molecule has 6 nitrogen and oxygen atoms in total. The number of hydrogen-bond donors (Lipinski definition) is 0. The number of alkyl halides is 3. The second-order valence-corrected chi connectivity index (χ2v) is 7.08. The zero-order valence-corrected chi connectivity index (χ0v) is 19.7. The maximum absolute atomic E-state index is 5.68. The fourth-order valence-corrected chi connectivity index (χ4v) is 4.80. The lowest BCUT2D eigenvalue weighted by Gasteiger charge is -2.27. The minimum absolute atomic E-state index is 0.0813. The molecule has 0 amide bonds. The lowest BCUT2D eigenvalue weighted by atomic mass is 9.98. The molecule has 0 aliphatic rings. The molecule has 0 aromatic rings. The van der Waals surface area contributed by atoms with Crippen molar-refractivity contribution < 1.29 is 28.4 Å². The van der Waals surface area contributed by atoms with Crippen LogP contribution in [-0.2, 0) is 28.4 Å². The van der Waals surface area contributed by atoms with Crippen molar-refractivity contribution in [3.05, 3.63) is 0 Å². The summed E-state index contributed by atoms with van der Waals surface area (Å²) in [7, 11) is 1.65. The van der Waals surface area contributed by atoms with E-state index in [9.17, 15) is 0 Å². The van der Waals surface area contributed by atoms with Crippen LogP contribution in [-0.4, -0.2) is 95.8 Å². The molecular formula is C16H31Br3O6. The van der Waals surface area contributed by atoms with Crippen LogP contribution >= 0.6 is 47.8 Å². The van der Waals surface area contributed by atoms with Crippen molar-refractivity contribution in [2.75, 3.05) is 95.8 Å². The Balaban J connectivity index is 3.21. The molecule has 0 aromatic carbocycles. The van der Waals surface area contributed by atoms with Crippen LogP contribution in [0.15, 0.2) is 0 Å².